The van der Waals surface area contributed by atoms with Gasteiger partial charge in [0.15, 0.2) is 0 Å². The highest BCUT2D eigenvalue weighted by Crippen LogP contribution is 2.13. The Morgan fingerprint density at radius 2 is 1.94 bits per heavy atom. The van der Waals surface area contributed by atoms with Crippen molar-refractivity contribution < 1.29 is 0 Å². The molecule has 0 amide bonds. The Morgan fingerprint density at radius 3 is 2.59 bits per heavy atom. The van der Waals surface area contributed by atoms with Crippen LogP contribution in [0, 0.1) is 20.8 Å². The van der Waals surface area contributed by atoms with Crippen molar-refractivity contribution in [1.82, 2.24) is 9.78 Å². The molecule has 0 aliphatic rings. The first-order valence-electron chi connectivity index (χ1n) is 5.89. The summed E-state index contributed by atoms with van der Waals surface area (Å²) >= 11 is 0. The number of nitrogens with two attached hydrogens (primary N) is 1. The van der Waals surface area contributed by atoms with Gasteiger partial charge in [0, 0.05) is 18.3 Å². The molecule has 0 aliphatic carbocycles. The number of hydrogen-bond donors (Lipinski definition) is 1. The molecule has 90 valence electrons. The summed E-state index contributed by atoms with van der Waals surface area (Å²) in [6.07, 6.45) is 2.04. The van der Waals surface area contributed by atoms with Gasteiger partial charge in [-0.1, -0.05) is 23.8 Å². The SMILES string of the molecule is Cc1ccc(C)c(Cn2cc(CN)c(C)n2)c1. The van der Waals surface area contributed by atoms with Crippen LogP contribution in [0.25, 0.3) is 0 Å². The Balaban J connectivity index is 2.27. The predicted octanol–water partition coefficient (Wildman–Crippen LogP) is 2.32. The van der Waals surface area contributed by atoms with E-state index in [2.05, 4.69) is 37.1 Å². The zero-order chi connectivity index (χ0) is 12.4. The van der Waals surface area contributed by atoms with E-state index in [1.54, 1.807) is 0 Å². The van der Waals surface area contributed by atoms with E-state index in [4.69, 9.17) is 5.73 Å². The molecule has 0 fully saturated rings. The van der Waals surface area contributed by atoms with E-state index in [-0.39, 0.29) is 0 Å². The van der Waals surface area contributed by atoms with Gasteiger partial charge in [0.1, 0.15) is 0 Å². The van der Waals surface area contributed by atoms with Crippen LogP contribution < -0.4 is 5.73 Å². The van der Waals surface area contributed by atoms with E-state index in [0.717, 1.165) is 17.8 Å². The third-order valence-corrected chi connectivity index (χ3v) is 3.10. The van der Waals surface area contributed by atoms with Crippen LogP contribution in [0.5, 0.6) is 0 Å². The van der Waals surface area contributed by atoms with Crippen molar-refractivity contribution in [3.8, 4) is 0 Å². The lowest BCUT2D eigenvalue weighted by Gasteiger charge is -2.07. The van der Waals surface area contributed by atoms with Gasteiger partial charge in [0.05, 0.1) is 12.2 Å². The first-order valence-corrected chi connectivity index (χ1v) is 5.89. The lowest BCUT2D eigenvalue weighted by atomic mass is 10.1. The fourth-order valence-corrected chi connectivity index (χ4v) is 1.99. The van der Waals surface area contributed by atoms with Crippen LogP contribution in [0.3, 0.4) is 0 Å². The summed E-state index contributed by atoms with van der Waals surface area (Å²) in [5.74, 6) is 0. The second-order valence-electron chi connectivity index (χ2n) is 4.57. The van der Waals surface area contributed by atoms with Crippen molar-refractivity contribution >= 4 is 0 Å². The number of nitrogens with zero attached hydrogens (tertiary/aromatic N) is 2. The highest BCUT2D eigenvalue weighted by Gasteiger charge is 2.05. The van der Waals surface area contributed by atoms with E-state index in [9.17, 15) is 0 Å². The van der Waals surface area contributed by atoms with E-state index < -0.39 is 0 Å². The number of hydrogen-bond acceptors (Lipinski definition) is 2. The van der Waals surface area contributed by atoms with Crippen molar-refractivity contribution in [3.05, 3.63) is 52.3 Å². The topological polar surface area (TPSA) is 43.8 Å². The lowest BCUT2D eigenvalue weighted by molar-refractivity contribution is 0.676. The average molecular weight is 229 g/mol. The van der Waals surface area contributed by atoms with Gasteiger partial charge >= 0.3 is 0 Å². The zero-order valence-electron chi connectivity index (χ0n) is 10.7. The Kier molecular flexibility index (Phi) is 3.29. The second kappa shape index (κ2) is 4.72. The Hall–Kier alpha value is -1.61. The number of aryl methyl sites for hydroxylation is 3. The van der Waals surface area contributed by atoms with Crippen LogP contribution >= 0.6 is 0 Å². The van der Waals surface area contributed by atoms with Gasteiger partial charge in [-0.3, -0.25) is 4.68 Å². The maximum Gasteiger partial charge on any atom is 0.0662 e. The Labute approximate surface area is 102 Å². The number of benzene rings is 1. The molecule has 2 N–H and O–H groups in total. The fraction of sp³-hybridized carbons (Fsp3) is 0.357. The van der Waals surface area contributed by atoms with Crippen molar-refractivity contribution in [2.75, 3.05) is 0 Å². The van der Waals surface area contributed by atoms with E-state index in [1.807, 2.05) is 17.8 Å². The Bertz CT molecular complexity index is 526. The minimum Gasteiger partial charge on any atom is -0.326 e. The molecule has 0 radical (unpaired) electrons. The summed E-state index contributed by atoms with van der Waals surface area (Å²) in [6.45, 7) is 7.62. The third-order valence-electron chi connectivity index (χ3n) is 3.10. The summed E-state index contributed by atoms with van der Waals surface area (Å²) in [7, 11) is 0. The summed E-state index contributed by atoms with van der Waals surface area (Å²) in [5.41, 5.74) is 11.7. The van der Waals surface area contributed by atoms with E-state index >= 15 is 0 Å². The highest BCUT2D eigenvalue weighted by molar-refractivity contribution is 5.30. The summed E-state index contributed by atoms with van der Waals surface area (Å²) in [5, 5.41) is 4.48. The molecule has 1 aromatic carbocycles. The van der Waals surface area contributed by atoms with Gasteiger partial charge in [-0.25, -0.2) is 0 Å². The monoisotopic (exact) mass is 229 g/mol. The minimum absolute atomic E-state index is 0.554. The number of aromatic nitrogens is 2. The smallest absolute Gasteiger partial charge is 0.0662 e. The van der Waals surface area contributed by atoms with Gasteiger partial charge < -0.3 is 5.73 Å². The minimum atomic E-state index is 0.554. The van der Waals surface area contributed by atoms with Crippen molar-refractivity contribution in [3.63, 3.8) is 0 Å². The molecule has 0 bridgehead atoms. The Morgan fingerprint density at radius 1 is 1.18 bits per heavy atom. The molecule has 0 aliphatic heterocycles. The summed E-state index contributed by atoms with van der Waals surface area (Å²) in [4.78, 5) is 0. The van der Waals surface area contributed by atoms with Crippen molar-refractivity contribution in [1.29, 1.82) is 0 Å². The lowest BCUT2D eigenvalue weighted by Crippen LogP contribution is -2.02. The van der Waals surface area contributed by atoms with Crippen LogP contribution in [0.4, 0.5) is 0 Å². The van der Waals surface area contributed by atoms with E-state index in [1.165, 1.54) is 16.7 Å². The van der Waals surface area contributed by atoms with Crippen LogP contribution in [-0.2, 0) is 13.1 Å². The average Bonchev–Trinajstić information content (AvgIpc) is 2.64. The second-order valence-corrected chi connectivity index (χ2v) is 4.57. The van der Waals surface area contributed by atoms with Crippen LogP contribution in [0.15, 0.2) is 24.4 Å². The van der Waals surface area contributed by atoms with Crippen LogP contribution in [0.1, 0.15) is 27.9 Å². The summed E-state index contributed by atoms with van der Waals surface area (Å²) < 4.78 is 1.97. The first kappa shape index (κ1) is 11.9. The van der Waals surface area contributed by atoms with Crippen molar-refractivity contribution in [2.45, 2.75) is 33.9 Å². The van der Waals surface area contributed by atoms with Crippen LogP contribution in [0.2, 0.25) is 0 Å². The highest BCUT2D eigenvalue weighted by atomic mass is 15.3. The molecule has 0 unspecified atom stereocenters. The molecule has 0 spiro atoms. The van der Waals surface area contributed by atoms with Crippen LogP contribution in [-0.4, -0.2) is 9.78 Å². The third kappa shape index (κ3) is 2.56. The molecular weight excluding hydrogens is 210 g/mol. The molecule has 2 aromatic rings. The molecule has 1 heterocycles. The first-order chi connectivity index (χ1) is 8.10. The molecule has 2 rings (SSSR count). The molecule has 17 heavy (non-hydrogen) atoms. The normalized spacial score (nSPS) is 10.8. The fourth-order valence-electron chi connectivity index (χ4n) is 1.99. The standard InChI is InChI=1S/C14H19N3/c1-10-4-5-11(2)13(6-10)8-17-9-14(7-15)12(3)16-17/h4-6,9H,7-8,15H2,1-3H3. The quantitative estimate of drug-likeness (QED) is 0.877. The predicted molar refractivity (Wildman–Crippen MR) is 69.9 cm³/mol. The largest absolute Gasteiger partial charge is 0.326 e. The van der Waals surface area contributed by atoms with Crippen molar-refractivity contribution in [2.24, 2.45) is 5.73 Å². The van der Waals surface area contributed by atoms with Gasteiger partial charge in [-0.05, 0) is 31.9 Å². The molecule has 0 atom stereocenters. The maximum atomic E-state index is 5.66. The molecule has 3 heteroatoms. The molecule has 0 saturated carbocycles. The maximum absolute atomic E-state index is 5.66. The molecule has 3 nitrogen and oxygen atoms in total. The van der Waals surface area contributed by atoms with Gasteiger partial charge in [0.25, 0.3) is 0 Å². The molecular formula is C14H19N3. The van der Waals surface area contributed by atoms with Gasteiger partial charge in [-0.15, -0.1) is 0 Å². The zero-order valence-corrected chi connectivity index (χ0v) is 10.7. The summed E-state index contributed by atoms with van der Waals surface area (Å²) in [6, 6.07) is 6.51. The van der Waals surface area contributed by atoms with Gasteiger partial charge in [0.2, 0.25) is 0 Å². The van der Waals surface area contributed by atoms with Gasteiger partial charge in [-0.2, -0.15) is 5.10 Å². The molecule has 0 saturated heterocycles. The molecule has 1 aromatic heterocycles. The number of rotatable bonds is 3. The van der Waals surface area contributed by atoms with E-state index in [0.29, 0.717) is 6.54 Å².